The molecule has 0 amide bonds. The number of alkyl halides is 1. The lowest BCUT2D eigenvalue weighted by Gasteiger charge is -2.61. The van der Waals surface area contributed by atoms with Gasteiger partial charge in [0.25, 0.3) is 0 Å². The number of esters is 2. The minimum atomic E-state index is -2.12. The third kappa shape index (κ3) is 3.44. The Balaban J connectivity index is 1.53. The minimum Gasteiger partial charge on any atom is -0.463 e. The molecule has 0 heterocycles. The van der Waals surface area contributed by atoms with Gasteiger partial charge in [-0.2, -0.15) is 0 Å². The number of aliphatic hydroxyl groups is 1. The van der Waals surface area contributed by atoms with Gasteiger partial charge in [-0.1, -0.05) is 0 Å². The van der Waals surface area contributed by atoms with Gasteiger partial charge in [-0.25, -0.2) is 14.0 Å². The summed E-state index contributed by atoms with van der Waals surface area (Å²) >= 11 is 0. The number of aliphatic hydroxyl groups excluding tert-OH is 1. The van der Waals surface area contributed by atoms with Crippen LogP contribution in [0.1, 0.15) is 52.4 Å². The highest BCUT2D eigenvalue weighted by molar-refractivity contribution is 5.81. The average molecular weight is 342 g/mol. The van der Waals surface area contributed by atoms with E-state index in [1.165, 1.54) is 6.42 Å². The predicted octanol–water partition coefficient (Wildman–Crippen LogP) is 2.40. The Morgan fingerprint density at radius 3 is 2.25 bits per heavy atom. The first kappa shape index (κ1) is 17.6. The highest BCUT2D eigenvalue weighted by atomic mass is 19.1. The summed E-state index contributed by atoms with van der Waals surface area (Å²) in [5.41, 5.74) is -2.17. The summed E-state index contributed by atoms with van der Waals surface area (Å²) in [4.78, 5) is 23.2. The summed E-state index contributed by atoms with van der Waals surface area (Å²) in [5.74, 6) is -0.473. The van der Waals surface area contributed by atoms with Crippen LogP contribution in [0.25, 0.3) is 0 Å². The fraction of sp³-hybridized carbons (Fsp3) is 0.889. The van der Waals surface area contributed by atoms with Gasteiger partial charge in [0.1, 0.15) is 0 Å². The molecule has 0 aromatic carbocycles. The van der Waals surface area contributed by atoms with Crippen LogP contribution >= 0.6 is 0 Å². The molecule has 4 rings (SSSR count). The van der Waals surface area contributed by atoms with Crippen LogP contribution in [0.2, 0.25) is 0 Å². The lowest BCUT2D eigenvalue weighted by Crippen LogP contribution is -2.55. The third-order valence-corrected chi connectivity index (χ3v) is 5.98. The summed E-state index contributed by atoms with van der Waals surface area (Å²) in [5, 5.41) is 9.84. The molecule has 0 aromatic heterocycles. The zero-order valence-electron chi connectivity index (χ0n) is 14.5. The van der Waals surface area contributed by atoms with Gasteiger partial charge in [-0.3, -0.25) is 0 Å². The molecule has 1 N–H and O–H groups in total. The van der Waals surface area contributed by atoms with Gasteiger partial charge in [0, 0.05) is 12.0 Å². The van der Waals surface area contributed by atoms with Crippen LogP contribution in [0.3, 0.4) is 0 Å². The van der Waals surface area contributed by atoms with Crippen molar-refractivity contribution in [3.8, 4) is 0 Å². The largest absolute Gasteiger partial charge is 0.463 e. The maximum Gasteiger partial charge on any atom is 0.344 e. The molecule has 6 heteroatoms. The molecule has 136 valence electrons. The van der Waals surface area contributed by atoms with Crippen LogP contribution < -0.4 is 0 Å². The number of halogens is 1. The van der Waals surface area contributed by atoms with Gasteiger partial charge in [0.2, 0.25) is 5.67 Å². The van der Waals surface area contributed by atoms with Crippen LogP contribution in [-0.2, 0) is 19.1 Å². The number of carbonyl (C=O) groups excluding carboxylic acids is 2. The minimum absolute atomic E-state index is 0.00120. The van der Waals surface area contributed by atoms with Gasteiger partial charge in [-0.15, -0.1) is 0 Å². The fourth-order valence-electron chi connectivity index (χ4n) is 5.57. The number of rotatable bonds is 6. The molecule has 4 fully saturated rings. The van der Waals surface area contributed by atoms with Crippen LogP contribution in [-0.4, -0.2) is 42.5 Å². The van der Waals surface area contributed by atoms with Crippen molar-refractivity contribution >= 4 is 11.9 Å². The molecular weight excluding hydrogens is 315 g/mol. The van der Waals surface area contributed by atoms with E-state index >= 15 is 0 Å². The molecule has 0 radical (unpaired) electrons. The van der Waals surface area contributed by atoms with Crippen molar-refractivity contribution in [3.63, 3.8) is 0 Å². The van der Waals surface area contributed by atoms with Gasteiger partial charge >= 0.3 is 11.9 Å². The second-order valence-corrected chi connectivity index (χ2v) is 8.83. The van der Waals surface area contributed by atoms with E-state index in [0.717, 1.165) is 46.0 Å². The Bertz CT molecular complexity index is 510. The van der Waals surface area contributed by atoms with Gasteiger partial charge in [0.05, 0.1) is 6.61 Å². The van der Waals surface area contributed by atoms with Gasteiger partial charge < -0.3 is 14.6 Å². The molecule has 0 aliphatic heterocycles. The predicted molar refractivity (Wildman–Crippen MR) is 83.7 cm³/mol. The lowest BCUT2D eigenvalue weighted by molar-refractivity contribution is -0.177. The molecule has 24 heavy (non-hydrogen) atoms. The van der Waals surface area contributed by atoms with E-state index in [1.807, 2.05) is 0 Å². The Hall–Kier alpha value is -1.17. The van der Waals surface area contributed by atoms with E-state index in [9.17, 15) is 19.1 Å². The summed E-state index contributed by atoms with van der Waals surface area (Å²) in [6.07, 6.45) is 6.36. The van der Waals surface area contributed by atoms with Crippen molar-refractivity contribution in [1.82, 2.24) is 0 Å². The van der Waals surface area contributed by atoms with Crippen molar-refractivity contribution < 1.29 is 28.6 Å². The van der Waals surface area contributed by atoms with E-state index in [0.29, 0.717) is 18.4 Å². The number of carbonyl (C=O) groups is 2. The van der Waals surface area contributed by atoms with E-state index in [1.54, 1.807) is 0 Å². The normalized spacial score (nSPS) is 37.3. The van der Waals surface area contributed by atoms with Crippen LogP contribution in [0.15, 0.2) is 0 Å². The van der Waals surface area contributed by atoms with E-state index in [-0.39, 0.29) is 17.4 Å². The number of hydrogen-bond donors (Lipinski definition) is 1. The Morgan fingerprint density at radius 2 is 1.71 bits per heavy atom. The van der Waals surface area contributed by atoms with Gasteiger partial charge in [-0.05, 0) is 69.6 Å². The summed E-state index contributed by atoms with van der Waals surface area (Å²) in [6, 6.07) is 0. The zero-order valence-corrected chi connectivity index (χ0v) is 14.5. The highest BCUT2D eigenvalue weighted by Crippen LogP contribution is 2.65. The maximum absolute atomic E-state index is 13.4. The monoisotopic (exact) mass is 342 g/mol. The number of hydrogen-bond acceptors (Lipinski definition) is 5. The first-order valence-electron chi connectivity index (χ1n) is 8.78. The van der Waals surface area contributed by atoms with Crippen LogP contribution in [0.4, 0.5) is 4.39 Å². The Labute approximate surface area is 141 Å². The standard InChI is InChI=1S/C18H27FO5/c1-16(2,19)15(22)23-8-14(21)24-11-18-6-12-3-13(7-18)5-17(4-12,9-18)10-20/h12-13,20H,3-11H2,1-2H3. The summed E-state index contributed by atoms with van der Waals surface area (Å²) < 4.78 is 23.4. The van der Waals surface area contributed by atoms with Crippen LogP contribution in [0, 0.1) is 22.7 Å². The van der Waals surface area contributed by atoms with E-state index in [4.69, 9.17) is 4.74 Å². The Kier molecular flexibility index (Phi) is 4.39. The molecule has 5 nitrogen and oxygen atoms in total. The third-order valence-electron chi connectivity index (χ3n) is 5.98. The van der Waals surface area contributed by atoms with Crippen molar-refractivity contribution in [2.45, 2.75) is 58.0 Å². The quantitative estimate of drug-likeness (QED) is 0.751. The molecule has 4 bridgehead atoms. The second kappa shape index (κ2) is 5.97. The lowest BCUT2D eigenvalue weighted by atomic mass is 9.44. The summed E-state index contributed by atoms with van der Waals surface area (Å²) in [6.45, 7) is 2.13. The first-order valence-corrected chi connectivity index (χ1v) is 8.78. The van der Waals surface area contributed by atoms with Crippen molar-refractivity contribution in [2.24, 2.45) is 22.7 Å². The molecule has 0 spiro atoms. The van der Waals surface area contributed by atoms with E-state index < -0.39 is 24.2 Å². The second-order valence-electron chi connectivity index (χ2n) is 8.83. The van der Waals surface area contributed by atoms with Crippen molar-refractivity contribution in [1.29, 1.82) is 0 Å². The van der Waals surface area contributed by atoms with E-state index in [2.05, 4.69) is 4.74 Å². The zero-order chi connectivity index (χ0) is 17.6. The SMILES string of the molecule is CC(C)(F)C(=O)OCC(=O)OCC12CC3CC(CC(CO)(C3)C1)C2. The maximum atomic E-state index is 13.4. The molecule has 4 aliphatic rings. The molecule has 0 aromatic rings. The number of ether oxygens (including phenoxy) is 2. The molecule has 4 aliphatic carbocycles. The summed E-state index contributed by atoms with van der Waals surface area (Å²) in [7, 11) is 0. The molecule has 2 unspecified atom stereocenters. The highest BCUT2D eigenvalue weighted by Gasteiger charge is 2.57. The molecular formula is C18H27FO5. The topological polar surface area (TPSA) is 72.8 Å². The van der Waals surface area contributed by atoms with Crippen molar-refractivity contribution in [3.05, 3.63) is 0 Å². The average Bonchev–Trinajstić information content (AvgIpc) is 2.48. The van der Waals surface area contributed by atoms with Crippen molar-refractivity contribution in [2.75, 3.05) is 19.8 Å². The fourth-order valence-corrected chi connectivity index (χ4v) is 5.57. The smallest absolute Gasteiger partial charge is 0.344 e. The van der Waals surface area contributed by atoms with Crippen LogP contribution in [0.5, 0.6) is 0 Å². The Morgan fingerprint density at radius 1 is 1.12 bits per heavy atom. The van der Waals surface area contributed by atoms with Gasteiger partial charge in [0.15, 0.2) is 6.61 Å². The molecule has 2 atom stereocenters. The molecule has 4 saturated carbocycles. The molecule has 0 saturated heterocycles. The first-order chi connectivity index (χ1) is 11.2.